The lowest BCUT2D eigenvalue weighted by Crippen LogP contribution is -2.46. The fraction of sp³-hybridized carbons (Fsp3) is 0.625. The Morgan fingerprint density at radius 3 is 2.55 bits per heavy atom. The van der Waals surface area contributed by atoms with Crippen molar-refractivity contribution in [1.82, 2.24) is 5.32 Å². The Morgan fingerprint density at radius 2 is 1.85 bits per heavy atom. The van der Waals surface area contributed by atoms with E-state index in [2.05, 4.69) is 22.3 Å². The molecule has 1 atom stereocenters. The molecular formula is C16H24N2O2. The zero-order chi connectivity index (χ0) is 13.9. The van der Waals surface area contributed by atoms with Crippen molar-refractivity contribution in [3.63, 3.8) is 0 Å². The van der Waals surface area contributed by atoms with Gasteiger partial charge in [-0.1, -0.05) is 0 Å². The van der Waals surface area contributed by atoms with E-state index < -0.39 is 0 Å². The molecule has 2 fully saturated rings. The van der Waals surface area contributed by atoms with Crippen molar-refractivity contribution in [3.8, 4) is 11.5 Å². The molecule has 0 aromatic heterocycles. The van der Waals surface area contributed by atoms with Gasteiger partial charge in [0.25, 0.3) is 0 Å². The van der Waals surface area contributed by atoms with Gasteiger partial charge in [-0.3, -0.25) is 0 Å². The standard InChI is InChI=1S/C16H24N2O2/c1-19-15-8-7-14(10-16(15)20-2)18-9-3-4-13(11-18)17-12-5-6-12/h7-8,10,12-13,17H,3-6,9,11H2,1-2H3. The van der Waals surface area contributed by atoms with E-state index in [-0.39, 0.29) is 0 Å². The summed E-state index contributed by atoms with van der Waals surface area (Å²) in [6.45, 7) is 2.21. The minimum absolute atomic E-state index is 0.629. The molecule has 4 heteroatoms. The Hall–Kier alpha value is -1.42. The van der Waals surface area contributed by atoms with Crippen molar-refractivity contribution in [1.29, 1.82) is 0 Å². The van der Waals surface area contributed by atoms with Gasteiger partial charge in [0.1, 0.15) is 0 Å². The highest BCUT2D eigenvalue weighted by atomic mass is 16.5. The molecule has 4 nitrogen and oxygen atoms in total. The lowest BCUT2D eigenvalue weighted by molar-refractivity contribution is 0.354. The molecule has 0 bridgehead atoms. The van der Waals surface area contributed by atoms with Gasteiger partial charge < -0.3 is 19.7 Å². The minimum Gasteiger partial charge on any atom is -0.493 e. The van der Waals surface area contributed by atoms with Crippen molar-refractivity contribution in [3.05, 3.63) is 18.2 Å². The molecule has 1 unspecified atom stereocenters. The highest BCUT2D eigenvalue weighted by molar-refractivity contribution is 5.56. The number of hydrogen-bond acceptors (Lipinski definition) is 4. The van der Waals surface area contributed by atoms with E-state index in [1.54, 1.807) is 14.2 Å². The number of nitrogens with one attached hydrogen (secondary N) is 1. The van der Waals surface area contributed by atoms with Crippen molar-refractivity contribution in [2.24, 2.45) is 0 Å². The third-order valence-corrected chi connectivity index (χ3v) is 4.20. The number of benzene rings is 1. The normalized spacial score (nSPS) is 22.7. The molecule has 1 saturated carbocycles. The van der Waals surface area contributed by atoms with E-state index in [1.165, 1.54) is 31.4 Å². The van der Waals surface area contributed by atoms with Gasteiger partial charge in [-0.25, -0.2) is 0 Å². The summed E-state index contributed by atoms with van der Waals surface area (Å²) in [5.41, 5.74) is 1.23. The zero-order valence-corrected chi connectivity index (χ0v) is 12.4. The number of hydrogen-bond donors (Lipinski definition) is 1. The predicted molar refractivity (Wildman–Crippen MR) is 80.9 cm³/mol. The van der Waals surface area contributed by atoms with Crippen molar-refractivity contribution in [2.45, 2.75) is 37.8 Å². The molecule has 110 valence electrons. The topological polar surface area (TPSA) is 33.7 Å². The van der Waals surface area contributed by atoms with E-state index in [1.807, 2.05) is 6.07 Å². The van der Waals surface area contributed by atoms with E-state index in [0.717, 1.165) is 30.6 Å². The van der Waals surface area contributed by atoms with Gasteiger partial charge in [-0.15, -0.1) is 0 Å². The largest absolute Gasteiger partial charge is 0.493 e. The Morgan fingerprint density at radius 1 is 1.05 bits per heavy atom. The SMILES string of the molecule is COc1ccc(N2CCCC(NC3CC3)C2)cc1OC. The molecule has 1 aliphatic heterocycles. The number of ether oxygens (including phenoxy) is 2. The molecule has 1 aliphatic carbocycles. The molecule has 1 N–H and O–H groups in total. The maximum Gasteiger partial charge on any atom is 0.162 e. The van der Waals surface area contributed by atoms with E-state index in [0.29, 0.717) is 6.04 Å². The molecule has 0 spiro atoms. The smallest absolute Gasteiger partial charge is 0.162 e. The van der Waals surface area contributed by atoms with Gasteiger partial charge in [0.2, 0.25) is 0 Å². The first-order chi connectivity index (χ1) is 9.80. The summed E-state index contributed by atoms with van der Waals surface area (Å²) in [7, 11) is 3.36. The summed E-state index contributed by atoms with van der Waals surface area (Å²) in [4.78, 5) is 2.45. The van der Waals surface area contributed by atoms with Crippen LogP contribution in [-0.4, -0.2) is 39.4 Å². The summed E-state index contributed by atoms with van der Waals surface area (Å²) in [5.74, 6) is 1.60. The summed E-state index contributed by atoms with van der Waals surface area (Å²) in [6.07, 6.45) is 5.25. The zero-order valence-electron chi connectivity index (χ0n) is 12.4. The van der Waals surface area contributed by atoms with Gasteiger partial charge in [0.15, 0.2) is 11.5 Å². The van der Waals surface area contributed by atoms with Crippen molar-refractivity contribution in [2.75, 3.05) is 32.2 Å². The van der Waals surface area contributed by atoms with Gasteiger partial charge >= 0.3 is 0 Å². The summed E-state index contributed by atoms with van der Waals surface area (Å²) >= 11 is 0. The van der Waals surface area contributed by atoms with E-state index in [4.69, 9.17) is 9.47 Å². The van der Waals surface area contributed by atoms with Crippen LogP contribution in [0.15, 0.2) is 18.2 Å². The second kappa shape index (κ2) is 5.92. The van der Waals surface area contributed by atoms with Gasteiger partial charge in [-0.05, 0) is 37.8 Å². The summed E-state index contributed by atoms with van der Waals surface area (Å²) < 4.78 is 10.7. The van der Waals surface area contributed by atoms with Crippen molar-refractivity contribution >= 4 is 5.69 Å². The van der Waals surface area contributed by atoms with Crippen LogP contribution in [0.2, 0.25) is 0 Å². The third-order valence-electron chi connectivity index (χ3n) is 4.20. The van der Waals surface area contributed by atoms with Crippen LogP contribution in [0.4, 0.5) is 5.69 Å². The first-order valence-electron chi connectivity index (χ1n) is 7.53. The average Bonchev–Trinajstić information content (AvgIpc) is 3.30. The second-order valence-corrected chi connectivity index (χ2v) is 5.77. The first kappa shape index (κ1) is 13.6. The number of anilines is 1. The lowest BCUT2D eigenvalue weighted by atomic mass is 10.0. The molecule has 1 aromatic rings. The second-order valence-electron chi connectivity index (χ2n) is 5.77. The first-order valence-corrected chi connectivity index (χ1v) is 7.53. The number of methoxy groups -OCH3 is 2. The number of nitrogens with zero attached hydrogens (tertiary/aromatic N) is 1. The maximum absolute atomic E-state index is 5.40. The third kappa shape index (κ3) is 3.01. The molecule has 1 heterocycles. The van der Waals surface area contributed by atoms with Crippen LogP contribution in [0.25, 0.3) is 0 Å². The highest BCUT2D eigenvalue weighted by Gasteiger charge is 2.27. The lowest BCUT2D eigenvalue weighted by Gasteiger charge is -2.35. The molecule has 0 radical (unpaired) electrons. The molecule has 3 rings (SSSR count). The molecule has 1 saturated heterocycles. The monoisotopic (exact) mass is 276 g/mol. The van der Waals surface area contributed by atoms with Crippen LogP contribution >= 0.6 is 0 Å². The van der Waals surface area contributed by atoms with Crippen LogP contribution in [0.5, 0.6) is 11.5 Å². The Labute approximate surface area is 121 Å². The number of piperidine rings is 1. The fourth-order valence-corrected chi connectivity index (χ4v) is 2.95. The summed E-state index contributed by atoms with van der Waals surface area (Å²) in [6, 6.07) is 7.61. The highest BCUT2D eigenvalue weighted by Crippen LogP contribution is 2.32. The van der Waals surface area contributed by atoms with Gasteiger partial charge in [-0.2, -0.15) is 0 Å². The maximum atomic E-state index is 5.40. The molecule has 20 heavy (non-hydrogen) atoms. The fourth-order valence-electron chi connectivity index (χ4n) is 2.95. The van der Waals surface area contributed by atoms with Gasteiger partial charge in [0.05, 0.1) is 14.2 Å². The number of rotatable bonds is 5. The van der Waals surface area contributed by atoms with Crippen LogP contribution < -0.4 is 19.7 Å². The van der Waals surface area contributed by atoms with Crippen LogP contribution in [-0.2, 0) is 0 Å². The Bertz CT molecular complexity index is 460. The van der Waals surface area contributed by atoms with Crippen LogP contribution in [0.1, 0.15) is 25.7 Å². The molecule has 2 aliphatic rings. The minimum atomic E-state index is 0.629. The van der Waals surface area contributed by atoms with Crippen LogP contribution in [0, 0.1) is 0 Å². The Balaban J connectivity index is 1.70. The Kier molecular flexibility index (Phi) is 4.01. The molecule has 1 aromatic carbocycles. The van der Waals surface area contributed by atoms with Crippen molar-refractivity contribution < 1.29 is 9.47 Å². The average molecular weight is 276 g/mol. The summed E-state index contributed by atoms with van der Waals surface area (Å²) in [5, 5.41) is 3.75. The predicted octanol–water partition coefficient (Wildman–Crippen LogP) is 2.42. The van der Waals surface area contributed by atoms with E-state index in [9.17, 15) is 0 Å². The van der Waals surface area contributed by atoms with Gasteiger partial charge in [0, 0.05) is 36.9 Å². The molecular weight excluding hydrogens is 252 g/mol. The van der Waals surface area contributed by atoms with Crippen LogP contribution in [0.3, 0.4) is 0 Å². The van der Waals surface area contributed by atoms with E-state index >= 15 is 0 Å². The quantitative estimate of drug-likeness (QED) is 0.895. The molecule has 0 amide bonds.